The Morgan fingerprint density at radius 3 is 2.54 bits per heavy atom. The number of nitrogens with zero attached hydrogens (tertiary/aromatic N) is 1. The van der Waals surface area contributed by atoms with Crippen LogP contribution in [-0.4, -0.2) is 18.9 Å². The highest BCUT2D eigenvalue weighted by Gasteiger charge is 2.12. The molecule has 0 heterocycles. The monoisotopic (exact) mass is 371 g/mol. The van der Waals surface area contributed by atoms with Crippen molar-refractivity contribution in [2.75, 3.05) is 10.6 Å². The Bertz CT molecular complexity index is 1020. The second-order valence-electron chi connectivity index (χ2n) is 5.52. The van der Waals surface area contributed by atoms with Gasteiger partial charge in [-0.25, -0.2) is 0 Å². The molecular formula is C18H17N3O4S. The first-order chi connectivity index (χ1) is 12.2. The lowest BCUT2D eigenvalue weighted by atomic mass is 10.1. The molecule has 0 fully saturated rings. The van der Waals surface area contributed by atoms with Crippen LogP contribution < -0.4 is 10.6 Å². The molecule has 2 aromatic carbocycles. The summed E-state index contributed by atoms with van der Waals surface area (Å²) in [6, 6.07) is 12.6. The average molecular weight is 371 g/mol. The van der Waals surface area contributed by atoms with Crippen LogP contribution in [-0.2, 0) is 14.9 Å². The van der Waals surface area contributed by atoms with Crippen molar-refractivity contribution in [3.8, 4) is 6.07 Å². The van der Waals surface area contributed by atoms with Gasteiger partial charge in [0, 0.05) is 17.6 Å². The van der Waals surface area contributed by atoms with Gasteiger partial charge in [-0.2, -0.15) is 13.7 Å². The number of aryl methyl sites for hydroxylation is 1. The molecule has 7 nitrogen and oxygen atoms in total. The maximum atomic E-state index is 12.3. The van der Waals surface area contributed by atoms with E-state index in [2.05, 4.69) is 10.6 Å². The fourth-order valence-corrected chi connectivity index (χ4v) is 2.65. The number of anilines is 2. The van der Waals surface area contributed by atoms with Gasteiger partial charge >= 0.3 is 0 Å². The first-order valence-electron chi connectivity index (χ1n) is 7.54. The van der Waals surface area contributed by atoms with Crippen molar-refractivity contribution in [3.63, 3.8) is 0 Å². The summed E-state index contributed by atoms with van der Waals surface area (Å²) in [5.41, 5.74) is 2.61. The fraction of sp³-hybridized carbons (Fsp3) is 0.111. The van der Waals surface area contributed by atoms with Gasteiger partial charge in [0.05, 0.1) is 4.90 Å². The lowest BCUT2D eigenvalue weighted by molar-refractivity contribution is -0.112. The van der Waals surface area contributed by atoms with Gasteiger partial charge in [-0.1, -0.05) is 18.2 Å². The highest BCUT2D eigenvalue weighted by molar-refractivity contribution is 7.85. The smallest absolute Gasteiger partial charge is 0.294 e. The predicted octanol–water partition coefficient (Wildman–Crippen LogP) is 3.01. The molecule has 3 N–H and O–H groups in total. The standard InChI is InChI=1S/C18H17N3O4S/c1-12-5-3-8-17(13(12)2)21-18(22)14(10-19)11-20-15-6-4-7-16(9-15)26(23,24)25/h3-9,11,20H,1-2H3,(H,21,22)(H,23,24,25)/b14-11-. The lowest BCUT2D eigenvalue weighted by Gasteiger charge is -2.10. The zero-order valence-corrected chi connectivity index (χ0v) is 15.0. The van der Waals surface area contributed by atoms with E-state index >= 15 is 0 Å². The molecule has 0 atom stereocenters. The summed E-state index contributed by atoms with van der Waals surface area (Å²) in [7, 11) is -4.34. The number of rotatable bonds is 5. The Hall–Kier alpha value is -3.15. The normalized spacial score (nSPS) is 11.5. The number of carbonyl (C=O) groups is 1. The minimum absolute atomic E-state index is 0.192. The maximum absolute atomic E-state index is 12.3. The molecule has 2 rings (SSSR count). The molecule has 0 aliphatic rings. The van der Waals surface area contributed by atoms with Crippen molar-refractivity contribution in [2.45, 2.75) is 18.7 Å². The summed E-state index contributed by atoms with van der Waals surface area (Å²) in [6.45, 7) is 3.77. The van der Waals surface area contributed by atoms with Crippen molar-refractivity contribution in [2.24, 2.45) is 0 Å². The van der Waals surface area contributed by atoms with Gasteiger partial charge in [0.1, 0.15) is 11.6 Å². The summed E-state index contributed by atoms with van der Waals surface area (Å²) < 4.78 is 31.3. The third-order valence-electron chi connectivity index (χ3n) is 3.73. The molecule has 0 saturated carbocycles. The molecule has 0 unspecified atom stereocenters. The van der Waals surface area contributed by atoms with E-state index in [9.17, 15) is 18.5 Å². The first kappa shape index (κ1) is 19.2. The largest absolute Gasteiger partial charge is 0.360 e. The van der Waals surface area contributed by atoms with Gasteiger partial charge in [0.2, 0.25) is 0 Å². The SMILES string of the molecule is Cc1cccc(NC(=O)/C(C#N)=C\Nc2cccc(S(=O)(=O)O)c2)c1C. The second-order valence-corrected chi connectivity index (χ2v) is 6.94. The Kier molecular flexibility index (Phi) is 5.77. The molecule has 134 valence electrons. The van der Waals surface area contributed by atoms with Crippen molar-refractivity contribution >= 4 is 27.4 Å². The molecule has 2 aromatic rings. The number of hydrogen-bond donors (Lipinski definition) is 3. The highest BCUT2D eigenvalue weighted by atomic mass is 32.2. The van der Waals surface area contributed by atoms with E-state index in [0.29, 0.717) is 11.4 Å². The van der Waals surface area contributed by atoms with Gasteiger partial charge in [-0.05, 0) is 49.2 Å². The minimum Gasteiger partial charge on any atom is -0.360 e. The van der Waals surface area contributed by atoms with Gasteiger partial charge in [-0.3, -0.25) is 9.35 Å². The van der Waals surface area contributed by atoms with E-state index in [0.717, 1.165) is 11.1 Å². The lowest BCUT2D eigenvalue weighted by Crippen LogP contribution is -2.15. The molecule has 8 heteroatoms. The predicted molar refractivity (Wildman–Crippen MR) is 98.1 cm³/mol. The van der Waals surface area contributed by atoms with E-state index < -0.39 is 16.0 Å². The molecular weight excluding hydrogens is 354 g/mol. The van der Waals surface area contributed by atoms with Crippen LogP contribution in [0.5, 0.6) is 0 Å². The molecule has 26 heavy (non-hydrogen) atoms. The highest BCUT2D eigenvalue weighted by Crippen LogP contribution is 2.19. The average Bonchev–Trinajstić information content (AvgIpc) is 2.59. The number of benzene rings is 2. The van der Waals surface area contributed by atoms with Crippen LogP contribution in [0, 0.1) is 25.2 Å². The van der Waals surface area contributed by atoms with E-state index in [1.807, 2.05) is 19.9 Å². The second kappa shape index (κ2) is 7.82. The molecule has 0 aliphatic heterocycles. The summed E-state index contributed by atoms with van der Waals surface area (Å²) in [6.07, 6.45) is 1.17. The molecule has 1 amide bonds. The number of nitriles is 1. The summed E-state index contributed by atoms with van der Waals surface area (Å²) in [5.74, 6) is -0.598. The van der Waals surface area contributed by atoms with Crippen molar-refractivity contribution in [3.05, 3.63) is 65.4 Å². The third-order valence-corrected chi connectivity index (χ3v) is 4.58. The number of amides is 1. The Labute approximate surface area is 151 Å². The Morgan fingerprint density at radius 2 is 1.88 bits per heavy atom. The number of nitrogens with one attached hydrogen (secondary N) is 2. The van der Waals surface area contributed by atoms with Crippen LogP contribution in [0.1, 0.15) is 11.1 Å². The zero-order chi connectivity index (χ0) is 19.3. The summed E-state index contributed by atoms with van der Waals surface area (Å²) in [5, 5.41) is 14.6. The van der Waals surface area contributed by atoms with Crippen molar-refractivity contribution < 1.29 is 17.8 Å². The van der Waals surface area contributed by atoms with Crippen molar-refractivity contribution in [1.82, 2.24) is 0 Å². The van der Waals surface area contributed by atoms with Crippen LogP contribution in [0.15, 0.2) is 59.1 Å². The molecule has 0 saturated heterocycles. The fourth-order valence-electron chi connectivity index (χ4n) is 2.13. The van der Waals surface area contributed by atoms with Crippen LogP contribution in [0.4, 0.5) is 11.4 Å². The van der Waals surface area contributed by atoms with Crippen LogP contribution in [0.25, 0.3) is 0 Å². The molecule has 0 radical (unpaired) electrons. The van der Waals surface area contributed by atoms with Crippen LogP contribution >= 0.6 is 0 Å². The number of carbonyl (C=O) groups excluding carboxylic acids is 1. The van der Waals surface area contributed by atoms with Gasteiger partial charge in [0.25, 0.3) is 16.0 Å². The van der Waals surface area contributed by atoms with E-state index in [1.165, 1.54) is 30.5 Å². The molecule has 0 aromatic heterocycles. The van der Waals surface area contributed by atoms with E-state index in [-0.39, 0.29) is 10.5 Å². The Balaban J connectivity index is 2.19. The van der Waals surface area contributed by atoms with Crippen molar-refractivity contribution in [1.29, 1.82) is 5.26 Å². The van der Waals surface area contributed by atoms with Crippen LogP contribution in [0.2, 0.25) is 0 Å². The van der Waals surface area contributed by atoms with Crippen LogP contribution in [0.3, 0.4) is 0 Å². The van der Waals surface area contributed by atoms with E-state index in [1.54, 1.807) is 18.2 Å². The maximum Gasteiger partial charge on any atom is 0.294 e. The zero-order valence-electron chi connectivity index (χ0n) is 14.1. The first-order valence-corrected chi connectivity index (χ1v) is 8.98. The quantitative estimate of drug-likeness (QED) is 0.422. The molecule has 0 aliphatic carbocycles. The third kappa shape index (κ3) is 4.69. The topological polar surface area (TPSA) is 119 Å². The van der Waals surface area contributed by atoms with E-state index in [4.69, 9.17) is 4.55 Å². The Morgan fingerprint density at radius 1 is 1.19 bits per heavy atom. The summed E-state index contributed by atoms with van der Waals surface area (Å²) >= 11 is 0. The molecule has 0 bridgehead atoms. The van der Waals surface area contributed by atoms with Gasteiger partial charge in [-0.15, -0.1) is 0 Å². The number of hydrogen-bond acceptors (Lipinski definition) is 5. The van der Waals surface area contributed by atoms with Gasteiger partial charge in [0.15, 0.2) is 0 Å². The molecule has 0 spiro atoms. The summed E-state index contributed by atoms with van der Waals surface area (Å²) in [4.78, 5) is 12.0. The van der Waals surface area contributed by atoms with Gasteiger partial charge < -0.3 is 10.6 Å². The minimum atomic E-state index is -4.34.